The lowest BCUT2D eigenvalue weighted by Gasteiger charge is -2.19. The molecule has 0 spiro atoms. The lowest BCUT2D eigenvalue weighted by Crippen LogP contribution is -2.32. The molecular weight excluding hydrogens is 456 g/mol. The van der Waals surface area contributed by atoms with Crippen molar-refractivity contribution in [3.8, 4) is 5.69 Å². The Hall–Kier alpha value is -3.89. The summed E-state index contributed by atoms with van der Waals surface area (Å²) in [5.41, 5.74) is -1.97. The Bertz CT molecular complexity index is 1200. The van der Waals surface area contributed by atoms with Gasteiger partial charge in [-0.15, -0.1) is 0 Å². The van der Waals surface area contributed by atoms with Crippen LogP contribution in [-0.2, 0) is 17.5 Å². The molecular formula is C23H22F4N4O3. The highest BCUT2D eigenvalue weighted by Gasteiger charge is 2.36. The van der Waals surface area contributed by atoms with Crippen LogP contribution in [0, 0.1) is 5.82 Å². The maximum atomic E-state index is 13.9. The molecule has 0 saturated heterocycles. The molecule has 0 bridgehead atoms. The molecule has 0 atom stereocenters. The van der Waals surface area contributed by atoms with Gasteiger partial charge in [0, 0.05) is 12.6 Å². The number of carbonyl (C=O) groups is 2. The van der Waals surface area contributed by atoms with E-state index in [9.17, 15) is 27.2 Å². The normalized spacial score (nSPS) is 11.7. The topological polar surface area (TPSA) is 85.2 Å². The van der Waals surface area contributed by atoms with E-state index < -0.39 is 41.0 Å². The van der Waals surface area contributed by atoms with Crippen molar-refractivity contribution in [2.45, 2.75) is 39.1 Å². The van der Waals surface area contributed by atoms with E-state index in [0.717, 1.165) is 10.7 Å². The van der Waals surface area contributed by atoms with E-state index in [-0.39, 0.29) is 17.9 Å². The first-order valence-corrected chi connectivity index (χ1v) is 10.1. The summed E-state index contributed by atoms with van der Waals surface area (Å²) in [6, 6.07) is 11.9. The van der Waals surface area contributed by atoms with Crippen molar-refractivity contribution in [2.24, 2.45) is 0 Å². The highest BCUT2D eigenvalue weighted by atomic mass is 19.4. The first kappa shape index (κ1) is 24.7. The van der Waals surface area contributed by atoms with Gasteiger partial charge < -0.3 is 15.4 Å². The molecule has 1 heterocycles. The molecule has 0 unspecified atom stereocenters. The van der Waals surface area contributed by atoms with E-state index in [4.69, 9.17) is 4.74 Å². The molecule has 34 heavy (non-hydrogen) atoms. The van der Waals surface area contributed by atoms with Crippen LogP contribution < -0.4 is 10.6 Å². The van der Waals surface area contributed by atoms with Gasteiger partial charge in [0.15, 0.2) is 5.69 Å². The zero-order valence-corrected chi connectivity index (χ0v) is 18.5. The number of carbonyl (C=O) groups excluding carboxylic acids is 2. The molecule has 3 aromatic rings. The third-order valence-electron chi connectivity index (χ3n) is 4.35. The molecule has 2 amide bonds. The molecule has 11 heteroatoms. The molecule has 0 saturated carbocycles. The average Bonchev–Trinajstić information content (AvgIpc) is 3.19. The van der Waals surface area contributed by atoms with Crippen molar-refractivity contribution in [1.29, 1.82) is 0 Å². The Balaban J connectivity index is 1.90. The number of hydrogen-bond acceptors (Lipinski definition) is 4. The third-order valence-corrected chi connectivity index (χ3v) is 4.35. The summed E-state index contributed by atoms with van der Waals surface area (Å²) in [5, 5.41) is 8.36. The van der Waals surface area contributed by atoms with Crippen LogP contribution in [0.15, 0.2) is 54.6 Å². The fraction of sp³-hybridized carbons (Fsp3) is 0.261. The molecule has 0 fully saturated rings. The molecule has 180 valence electrons. The average molecular weight is 478 g/mol. The predicted molar refractivity (Wildman–Crippen MR) is 116 cm³/mol. The second kappa shape index (κ2) is 9.54. The summed E-state index contributed by atoms with van der Waals surface area (Å²) in [6.07, 6.45) is -5.48. The van der Waals surface area contributed by atoms with E-state index in [0.29, 0.717) is 11.6 Å². The van der Waals surface area contributed by atoms with Gasteiger partial charge in [0.05, 0.1) is 11.4 Å². The first-order chi connectivity index (χ1) is 15.8. The third kappa shape index (κ3) is 6.33. The van der Waals surface area contributed by atoms with E-state index in [1.54, 1.807) is 26.8 Å². The number of benzene rings is 2. The van der Waals surface area contributed by atoms with Gasteiger partial charge in [0.1, 0.15) is 17.1 Å². The van der Waals surface area contributed by atoms with Crippen molar-refractivity contribution in [3.05, 3.63) is 77.4 Å². The minimum absolute atomic E-state index is 0.0207. The fourth-order valence-corrected chi connectivity index (χ4v) is 2.91. The lowest BCUT2D eigenvalue weighted by molar-refractivity contribution is -0.141. The summed E-state index contributed by atoms with van der Waals surface area (Å²) in [4.78, 5) is 24.6. The Labute approximate surface area is 192 Å². The second-order valence-corrected chi connectivity index (χ2v) is 8.28. The quantitative estimate of drug-likeness (QED) is 0.487. The number of alkyl halides is 3. The number of hydrogen-bond donors (Lipinski definition) is 2. The van der Waals surface area contributed by atoms with Crippen LogP contribution in [0.1, 0.15) is 42.5 Å². The highest BCUT2D eigenvalue weighted by molar-refractivity contribution is 6.03. The molecule has 0 aliphatic heterocycles. The summed E-state index contributed by atoms with van der Waals surface area (Å²) in [5.74, 6) is -1.72. The van der Waals surface area contributed by atoms with Crippen LogP contribution in [0.25, 0.3) is 5.69 Å². The van der Waals surface area contributed by atoms with Gasteiger partial charge >= 0.3 is 12.3 Å². The van der Waals surface area contributed by atoms with Crippen LogP contribution in [0.3, 0.4) is 0 Å². The summed E-state index contributed by atoms with van der Waals surface area (Å²) >= 11 is 0. The van der Waals surface area contributed by atoms with Crippen LogP contribution in [-0.4, -0.2) is 27.4 Å². The zero-order chi connectivity index (χ0) is 25.1. The highest BCUT2D eigenvalue weighted by Crippen LogP contribution is 2.30. The SMILES string of the molecule is CC(C)(C)OC(=O)NCc1cccc(-n2nc(C(F)(F)F)cc2C(=O)Nc2ccccc2F)c1. The molecule has 0 aliphatic carbocycles. The number of rotatable bonds is 5. The molecule has 7 nitrogen and oxygen atoms in total. The number of ether oxygens (including phenoxy) is 1. The molecule has 2 aromatic carbocycles. The molecule has 0 radical (unpaired) electrons. The minimum atomic E-state index is -4.81. The zero-order valence-electron chi connectivity index (χ0n) is 18.5. The lowest BCUT2D eigenvalue weighted by atomic mass is 10.2. The van der Waals surface area contributed by atoms with Gasteiger partial charge in [-0.3, -0.25) is 4.79 Å². The molecule has 2 N–H and O–H groups in total. The maximum Gasteiger partial charge on any atom is 0.435 e. The molecule has 0 aliphatic rings. The van der Waals surface area contributed by atoms with E-state index >= 15 is 0 Å². The van der Waals surface area contributed by atoms with E-state index in [1.807, 2.05) is 0 Å². The smallest absolute Gasteiger partial charge is 0.435 e. The Morgan fingerprint density at radius 2 is 1.74 bits per heavy atom. The van der Waals surface area contributed by atoms with Crippen LogP contribution >= 0.6 is 0 Å². The number of anilines is 1. The molecule has 1 aromatic heterocycles. The van der Waals surface area contributed by atoms with Crippen molar-refractivity contribution in [3.63, 3.8) is 0 Å². The Morgan fingerprint density at radius 1 is 1.03 bits per heavy atom. The van der Waals surface area contributed by atoms with Gasteiger partial charge in [-0.25, -0.2) is 13.9 Å². The maximum absolute atomic E-state index is 13.9. The number of nitrogens with zero attached hydrogens (tertiary/aromatic N) is 2. The van der Waals surface area contributed by atoms with Crippen molar-refractivity contribution < 1.29 is 31.9 Å². The number of halogens is 4. The van der Waals surface area contributed by atoms with Gasteiger partial charge in [-0.05, 0) is 50.6 Å². The largest absolute Gasteiger partial charge is 0.444 e. The van der Waals surface area contributed by atoms with Crippen molar-refractivity contribution in [1.82, 2.24) is 15.1 Å². The first-order valence-electron chi connectivity index (χ1n) is 10.1. The summed E-state index contributed by atoms with van der Waals surface area (Å²) in [7, 11) is 0. The van der Waals surface area contributed by atoms with Crippen LogP contribution in [0.5, 0.6) is 0 Å². The monoisotopic (exact) mass is 478 g/mol. The standard InChI is InChI=1S/C23H22F4N4O3/c1-22(2,3)34-21(33)28-13-14-7-6-8-15(11-14)31-18(12-19(30-31)23(25,26)27)20(32)29-17-10-5-4-9-16(17)24/h4-12H,13H2,1-3H3,(H,28,33)(H,29,32). The minimum Gasteiger partial charge on any atom is -0.444 e. The number of aromatic nitrogens is 2. The number of nitrogens with one attached hydrogen (secondary N) is 2. The summed E-state index contributed by atoms with van der Waals surface area (Å²) < 4.78 is 59.9. The number of para-hydroxylation sites is 1. The summed E-state index contributed by atoms with van der Waals surface area (Å²) in [6.45, 7) is 5.14. The predicted octanol–water partition coefficient (Wildman–Crippen LogP) is 5.31. The van der Waals surface area contributed by atoms with E-state index in [1.165, 1.54) is 36.4 Å². The Morgan fingerprint density at radius 3 is 2.38 bits per heavy atom. The van der Waals surface area contributed by atoms with E-state index in [2.05, 4.69) is 15.7 Å². The van der Waals surface area contributed by atoms with Crippen LogP contribution in [0.4, 0.5) is 28.0 Å². The molecule has 3 rings (SSSR count). The second-order valence-electron chi connectivity index (χ2n) is 8.28. The van der Waals surface area contributed by atoms with Crippen LogP contribution in [0.2, 0.25) is 0 Å². The van der Waals surface area contributed by atoms with Gasteiger partial charge in [-0.2, -0.15) is 18.3 Å². The van der Waals surface area contributed by atoms with Crippen molar-refractivity contribution in [2.75, 3.05) is 5.32 Å². The van der Waals surface area contributed by atoms with Gasteiger partial charge in [0.2, 0.25) is 0 Å². The number of amides is 2. The van der Waals surface area contributed by atoms with Gasteiger partial charge in [-0.1, -0.05) is 24.3 Å². The number of alkyl carbamates (subject to hydrolysis) is 1. The van der Waals surface area contributed by atoms with Gasteiger partial charge in [0.25, 0.3) is 5.91 Å². The fourth-order valence-electron chi connectivity index (χ4n) is 2.91. The van der Waals surface area contributed by atoms with Crippen molar-refractivity contribution >= 4 is 17.7 Å². The Kier molecular flexibility index (Phi) is 6.94.